The summed E-state index contributed by atoms with van der Waals surface area (Å²) in [5.41, 5.74) is 0.860. The van der Waals surface area contributed by atoms with Crippen molar-refractivity contribution in [2.45, 2.75) is 0 Å². The van der Waals surface area contributed by atoms with Gasteiger partial charge < -0.3 is 9.80 Å². The molecule has 0 aromatic heterocycles. The topological polar surface area (TPSA) is 40.6 Å². The highest BCUT2D eigenvalue weighted by molar-refractivity contribution is 6.35. The smallest absolute Gasteiger partial charge is 0.254 e. The maximum absolute atomic E-state index is 13.0. The molecule has 0 aliphatic carbocycles. The predicted octanol–water partition coefficient (Wildman–Crippen LogP) is 3.73. The van der Waals surface area contributed by atoms with Crippen molar-refractivity contribution < 1.29 is 14.0 Å². The zero-order valence-electron chi connectivity index (χ0n) is 13.2. The summed E-state index contributed by atoms with van der Waals surface area (Å²) in [6.07, 6.45) is 0. The van der Waals surface area contributed by atoms with Crippen molar-refractivity contribution >= 4 is 35.0 Å². The van der Waals surface area contributed by atoms with Gasteiger partial charge in [-0.3, -0.25) is 9.59 Å². The standard InChI is InChI=1S/C18H15Cl2FN2O2/c19-14-9-13(10-15(20)11-14)18(25)23-7-5-22(6-8-23)17(24)12-1-3-16(21)4-2-12/h1-4,9-11H,5-8H2. The van der Waals surface area contributed by atoms with Gasteiger partial charge in [-0.15, -0.1) is 0 Å². The second-order valence-corrected chi connectivity index (χ2v) is 6.62. The zero-order chi connectivity index (χ0) is 18.0. The van der Waals surface area contributed by atoms with E-state index in [1.807, 2.05) is 0 Å². The van der Waals surface area contributed by atoms with Crippen molar-refractivity contribution in [1.29, 1.82) is 0 Å². The van der Waals surface area contributed by atoms with Gasteiger partial charge in [-0.2, -0.15) is 0 Å². The lowest BCUT2D eigenvalue weighted by Crippen LogP contribution is -2.50. The summed E-state index contributed by atoms with van der Waals surface area (Å²) in [6, 6.07) is 10.2. The molecule has 1 fully saturated rings. The predicted molar refractivity (Wildman–Crippen MR) is 94.7 cm³/mol. The number of hydrogen-bond acceptors (Lipinski definition) is 2. The van der Waals surface area contributed by atoms with E-state index in [4.69, 9.17) is 23.2 Å². The van der Waals surface area contributed by atoms with Crippen LogP contribution in [0.5, 0.6) is 0 Å². The van der Waals surface area contributed by atoms with E-state index in [9.17, 15) is 14.0 Å². The van der Waals surface area contributed by atoms with E-state index in [0.29, 0.717) is 47.4 Å². The SMILES string of the molecule is O=C(c1ccc(F)cc1)N1CCN(C(=O)c2cc(Cl)cc(Cl)c2)CC1. The lowest BCUT2D eigenvalue weighted by Gasteiger charge is -2.35. The summed E-state index contributed by atoms with van der Waals surface area (Å²) < 4.78 is 13.0. The average Bonchev–Trinajstić information content (AvgIpc) is 2.60. The highest BCUT2D eigenvalue weighted by Gasteiger charge is 2.25. The summed E-state index contributed by atoms with van der Waals surface area (Å²) in [5, 5.41) is 0.807. The third kappa shape index (κ3) is 4.11. The Morgan fingerprint density at radius 1 is 0.760 bits per heavy atom. The van der Waals surface area contributed by atoms with Crippen LogP contribution in [0.2, 0.25) is 10.0 Å². The normalized spacial score (nSPS) is 14.5. The second kappa shape index (κ2) is 7.42. The van der Waals surface area contributed by atoms with E-state index in [0.717, 1.165) is 0 Å². The minimum atomic E-state index is -0.382. The first kappa shape index (κ1) is 17.7. The lowest BCUT2D eigenvalue weighted by atomic mass is 10.1. The van der Waals surface area contributed by atoms with E-state index in [2.05, 4.69) is 0 Å². The van der Waals surface area contributed by atoms with E-state index in [-0.39, 0.29) is 17.6 Å². The molecule has 4 nitrogen and oxygen atoms in total. The molecule has 1 aliphatic rings. The molecule has 1 aliphatic heterocycles. The average molecular weight is 381 g/mol. The molecular weight excluding hydrogens is 366 g/mol. The first-order chi connectivity index (χ1) is 11.9. The van der Waals surface area contributed by atoms with E-state index in [1.54, 1.807) is 28.0 Å². The van der Waals surface area contributed by atoms with Gasteiger partial charge in [0.25, 0.3) is 11.8 Å². The Morgan fingerprint density at radius 3 is 1.68 bits per heavy atom. The molecule has 2 aromatic carbocycles. The molecule has 0 spiro atoms. The fourth-order valence-electron chi connectivity index (χ4n) is 2.75. The number of benzene rings is 2. The van der Waals surface area contributed by atoms with E-state index >= 15 is 0 Å². The third-order valence-electron chi connectivity index (χ3n) is 4.05. The summed E-state index contributed by atoms with van der Waals surface area (Å²) >= 11 is 11.9. The van der Waals surface area contributed by atoms with E-state index < -0.39 is 0 Å². The first-order valence-electron chi connectivity index (χ1n) is 7.74. The maximum atomic E-state index is 13.0. The monoisotopic (exact) mass is 380 g/mol. The van der Waals surface area contributed by atoms with Crippen LogP contribution in [0.1, 0.15) is 20.7 Å². The highest BCUT2D eigenvalue weighted by Crippen LogP contribution is 2.21. The fourth-order valence-corrected chi connectivity index (χ4v) is 3.27. The summed E-state index contributed by atoms with van der Waals surface area (Å²) in [7, 11) is 0. The molecule has 0 bridgehead atoms. The molecule has 7 heteroatoms. The van der Waals surface area contributed by atoms with Gasteiger partial charge in [0.1, 0.15) is 5.82 Å². The van der Waals surface area contributed by atoms with Gasteiger partial charge in [0.15, 0.2) is 0 Å². The summed E-state index contributed by atoms with van der Waals surface area (Å²) in [6.45, 7) is 1.65. The quantitative estimate of drug-likeness (QED) is 0.796. The Kier molecular flexibility index (Phi) is 5.25. The molecular formula is C18H15Cl2FN2O2. The van der Waals surface area contributed by atoms with Gasteiger partial charge in [-0.1, -0.05) is 23.2 Å². The lowest BCUT2D eigenvalue weighted by molar-refractivity contribution is 0.0535. The molecule has 0 atom stereocenters. The highest BCUT2D eigenvalue weighted by atomic mass is 35.5. The van der Waals surface area contributed by atoms with Crippen LogP contribution in [0.3, 0.4) is 0 Å². The van der Waals surface area contributed by atoms with Crippen molar-refractivity contribution in [2.75, 3.05) is 26.2 Å². The van der Waals surface area contributed by atoms with Crippen molar-refractivity contribution in [1.82, 2.24) is 9.80 Å². The molecule has 0 saturated carbocycles. The number of carbonyl (C=O) groups is 2. The molecule has 130 valence electrons. The Morgan fingerprint density at radius 2 is 1.20 bits per heavy atom. The number of hydrogen-bond donors (Lipinski definition) is 0. The number of carbonyl (C=O) groups excluding carboxylic acids is 2. The second-order valence-electron chi connectivity index (χ2n) is 5.75. The number of amides is 2. The van der Waals surface area contributed by atoms with Crippen LogP contribution in [-0.2, 0) is 0 Å². The van der Waals surface area contributed by atoms with Crippen molar-refractivity contribution in [3.05, 3.63) is 69.5 Å². The number of rotatable bonds is 2. The Bertz CT molecular complexity index is 783. The summed E-state index contributed by atoms with van der Waals surface area (Å²) in [4.78, 5) is 28.3. The van der Waals surface area contributed by atoms with Crippen LogP contribution in [0.4, 0.5) is 4.39 Å². The minimum Gasteiger partial charge on any atom is -0.335 e. The Balaban J connectivity index is 1.64. The summed E-state index contributed by atoms with van der Waals surface area (Å²) in [5.74, 6) is -0.719. The van der Waals surface area contributed by atoms with Crippen molar-refractivity contribution in [3.63, 3.8) is 0 Å². The molecule has 3 rings (SSSR count). The Hall–Kier alpha value is -2.11. The first-order valence-corrected chi connectivity index (χ1v) is 8.50. The number of halogens is 3. The van der Waals surface area contributed by atoms with Crippen molar-refractivity contribution in [3.8, 4) is 0 Å². The molecule has 25 heavy (non-hydrogen) atoms. The van der Waals surface area contributed by atoms with Gasteiger partial charge in [-0.25, -0.2) is 4.39 Å². The molecule has 1 heterocycles. The molecule has 0 radical (unpaired) electrons. The fraction of sp³-hybridized carbons (Fsp3) is 0.222. The molecule has 0 N–H and O–H groups in total. The van der Waals surface area contributed by atoms with Gasteiger partial charge in [0.05, 0.1) is 0 Å². The van der Waals surface area contributed by atoms with Gasteiger partial charge in [-0.05, 0) is 42.5 Å². The zero-order valence-corrected chi connectivity index (χ0v) is 14.7. The molecule has 2 aromatic rings. The molecule has 0 unspecified atom stereocenters. The van der Waals surface area contributed by atoms with Gasteiger partial charge in [0.2, 0.25) is 0 Å². The number of piperazine rings is 1. The van der Waals surface area contributed by atoms with Crippen LogP contribution in [-0.4, -0.2) is 47.8 Å². The van der Waals surface area contributed by atoms with Crippen LogP contribution in [0.25, 0.3) is 0 Å². The minimum absolute atomic E-state index is 0.168. The van der Waals surface area contributed by atoms with Crippen molar-refractivity contribution in [2.24, 2.45) is 0 Å². The van der Waals surface area contributed by atoms with Gasteiger partial charge >= 0.3 is 0 Å². The van der Waals surface area contributed by atoms with Crippen LogP contribution in [0, 0.1) is 5.82 Å². The van der Waals surface area contributed by atoms with Crippen LogP contribution >= 0.6 is 23.2 Å². The van der Waals surface area contributed by atoms with Gasteiger partial charge in [0, 0.05) is 47.4 Å². The van der Waals surface area contributed by atoms with Crippen LogP contribution < -0.4 is 0 Å². The molecule has 2 amide bonds. The van der Waals surface area contributed by atoms with E-state index in [1.165, 1.54) is 24.3 Å². The largest absolute Gasteiger partial charge is 0.335 e. The van der Waals surface area contributed by atoms with Crippen LogP contribution in [0.15, 0.2) is 42.5 Å². The number of nitrogens with zero attached hydrogens (tertiary/aromatic N) is 2. The Labute approximate surface area is 154 Å². The molecule has 1 saturated heterocycles. The maximum Gasteiger partial charge on any atom is 0.254 e. The third-order valence-corrected chi connectivity index (χ3v) is 4.49.